The first-order valence-corrected chi connectivity index (χ1v) is 4.09. The van der Waals surface area contributed by atoms with Crippen molar-refractivity contribution in [2.45, 2.75) is 6.54 Å². The van der Waals surface area contributed by atoms with Gasteiger partial charge in [-0.3, -0.25) is 10.1 Å². The van der Waals surface area contributed by atoms with Crippen LogP contribution < -0.4 is 10.5 Å². The molecular formula is C9H9N3O3. The van der Waals surface area contributed by atoms with Crippen LogP contribution in [0.15, 0.2) is 12.1 Å². The Hall–Kier alpha value is -2.13. The van der Waals surface area contributed by atoms with E-state index in [-0.39, 0.29) is 18.0 Å². The highest BCUT2D eigenvalue weighted by Crippen LogP contribution is 2.29. The van der Waals surface area contributed by atoms with Crippen molar-refractivity contribution >= 4 is 5.69 Å². The number of nitrogens with two attached hydrogens (primary N) is 1. The number of rotatable bonds is 3. The van der Waals surface area contributed by atoms with Gasteiger partial charge in [-0.2, -0.15) is 5.26 Å². The number of nitro benzene ring substituents is 1. The molecule has 1 aromatic carbocycles. The number of hydrogen-bond acceptors (Lipinski definition) is 5. The Morgan fingerprint density at radius 2 is 2.33 bits per heavy atom. The number of methoxy groups -OCH3 is 1. The number of ether oxygens (including phenoxy) is 1. The minimum Gasteiger partial charge on any atom is -0.490 e. The van der Waals surface area contributed by atoms with Crippen molar-refractivity contribution in [1.82, 2.24) is 0 Å². The Kier molecular flexibility index (Phi) is 3.21. The summed E-state index contributed by atoms with van der Waals surface area (Å²) in [7, 11) is 1.31. The molecule has 0 saturated heterocycles. The molecule has 0 radical (unpaired) electrons. The molecule has 2 N–H and O–H groups in total. The van der Waals surface area contributed by atoms with Crippen LogP contribution in [-0.4, -0.2) is 12.0 Å². The third kappa shape index (κ3) is 2.03. The van der Waals surface area contributed by atoms with Gasteiger partial charge in [-0.05, 0) is 5.56 Å². The van der Waals surface area contributed by atoms with Crippen LogP contribution in [0.25, 0.3) is 0 Å². The normalized spacial score (nSPS) is 9.40. The second-order valence-electron chi connectivity index (χ2n) is 2.75. The first-order valence-electron chi connectivity index (χ1n) is 4.09. The summed E-state index contributed by atoms with van der Waals surface area (Å²) in [5, 5.41) is 19.4. The van der Waals surface area contributed by atoms with Crippen molar-refractivity contribution in [3.8, 4) is 11.8 Å². The maximum Gasteiger partial charge on any atom is 0.311 e. The van der Waals surface area contributed by atoms with Crippen LogP contribution in [0.2, 0.25) is 0 Å². The van der Waals surface area contributed by atoms with Gasteiger partial charge >= 0.3 is 5.69 Å². The zero-order valence-corrected chi connectivity index (χ0v) is 8.06. The molecule has 15 heavy (non-hydrogen) atoms. The summed E-state index contributed by atoms with van der Waals surface area (Å²) >= 11 is 0. The van der Waals surface area contributed by atoms with Gasteiger partial charge in [0.1, 0.15) is 0 Å². The molecular weight excluding hydrogens is 198 g/mol. The number of nitriles is 1. The van der Waals surface area contributed by atoms with E-state index in [1.807, 2.05) is 6.07 Å². The molecule has 6 nitrogen and oxygen atoms in total. The summed E-state index contributed by atoms with van der Waals surface area (Å²) in [6.45, 7) is 0.0771. The second kappa shape index (κ2) is 4.39. The van der Waals surface area contributed by atoms with E-state index in [0.29, 0.717) is 11.1 Å². The van der Waals surface area contributed by atoms with Crippen molar-refractivity contribution in [2.75, 3.05) is 7.11 Å². The van der Waals surface area contributed by atoms with Gasteiger partial charge in [0.25, 0.3) is 0 Å². The van der Waals surface area contributed by atoms with Crippen LogP contribution in [0, 0.1) is 21.4 Å². The quantitative estimate of drug-likeness (QED) is 0.586. The predicted octanol–water partition coefficient (Wildman–Crippen LogP) is 0.934. The Balaban J connectivity index is 3.42. The molecule has 0 heterocycles. The summed E-state index contributed by atoms with van der Waals surface area (Å²) in [5.41, 5.74) is 5.92. The number of benzene rings is 1. The molecule has 0 aliphatic rings. The van der Waals surface area contributed by atoms with E-state index in [4.69, 9.17) is 15.7 Å². The Morgan fingerprint density at radius 1 is 1.67 bits per heavy atom. The summed E-state index contributed by atoms with van der Waals surface area (Å²) in [4.78, 5) is 10.1. The van der Waals surface area contributed by atoms with Crippen LogP contribution >= 0.6 is 0 Å². The van der Waals surface area contributed by atoms with Crippen molar-refractivity contribution in [2.24, 2.45) is 5.73 Å². The molecule has 78 valence electrons. The molecule has 0 saturated carbocycles. The molecule has 0 spiro atoms. The highest BCUT2D eigenvalue weighted by atomic mass is 16.6. The van der Waals surface area contributed by atoms with Gasteiger partial charge in [0.2, 0.25) is 0 Å². The molecule has 0 fully saturated rings. The lowest BCUT2D eigenvalue weighted by Crippen LogP contribution is -2.02. The van der Waals surface area contributed by atoms with Crippen molar-refractivity contribution < 1.29 is 9.66 Å². The third-order valence-electron chi connectivity index (χ3n) is 1.94. The van der Waals surface area contributed by atoms with Gasteiger partial charge in [-0.15, -0.1) is 0 Å². The van der Waals surface area contributed by atoms with E-state index in [1.54, 1.807) is 0 Å². The minimum atomic E-state index is -0.570. The highest BCUT2D eigenvalue weighted by Gasteiger charge is 2.18. The second-order valence-corrected chi connectivity index (χ2v) is 2.75. The number of nitrogens with zero attached hydrogens (tertiary/aromatic N) is 2. The SMILES string of the molecule is COc1cc(C#N)c(CN)cc1[N+](=O)[O-]. The average molecular weight is 207 g/mol. The van der Waals surface area contributed by atoms with Gasteiger partial charge in [0.05, 0.1) is 23.7 Å². The summed E-state index contributed by atoms with van der Waals surface area (Å²) < 4.78 is 4.82. The van der Waals surface area contributed by atoms with E-state index in [0.717, 1.165) is 0 Å². The fraction of sp³-hybridized carbons (Fsp3) is 0.222. The molecule has 0 bridgehead atoms. The fourth-order valence-corrected chi connectivity index (χ4v) is 1.19. The number of nitro groups is 1. The van der Waals surface area contributed by atoms with Gasteiger partial charge in [-0.1, -0.05) is 0 Å². The molecule has 0 aliphatic carbocycles. The lowest BCUT2D eigenvalue weighted by atomic mass is 10.1. The summed E-state index contributed by atoms with van der Waals surface area (Å²) in [6.07, 6.45) is 0. The van der Waals surface area contributed by atoms with Gasteiger partial charge in [0, 0.05) is 18.7 Å². The zero-order chi connectivity index (χ0) is 11.4. The molecule has 6 heteroatoms. The molecule has 0 aromatic heterocycles. The summed E-state index contributed by atoms with van der Waals surface area (Å²) in [6, 6.07) is 4.49. The smallest absolute Gasteiger partial charge is 0.311 e. The lowest BCUT2D eigenvalue weighted by molar-refractivity contribution is -0.385. The third-order valence-corrected chi connectivity index (χ3v) is 1.94. The van der Waals surface area contributed by atoms with Crippen LogP contribution in [0.4, 0.5) is 5.69 Å². The van der Waals surface area contributed by atoms with Crippen LogP contribution in [0.3, 0.4) is 0 Å². The Bertz CT molecular complexity index is 437. The van der Waals surface area contributed by atoms with Crippen LogP contribution in [-0.2, 0) is 6.54 Å². The van der Waals surface area contributed by atoms with Gasteiger partial charge in [0.15, 0.2) is 5.75 Å². The topological polar surface area (TPSA) is 102 Å². The van der Waals surface area contributed by atoms with E-state index < -0.39 is 4.92 Å². The standard InChI is InChI=1S/C9H9N3O3/c1-15-9-3-7(5-11)6(4-10)2-8(9)12(13)14/h2-3H,4,10H2,1H3. The first-order chi connectivity index (χ1) is 7.13. The maximum atomic E-state index is 10.7. The molecule has 1 aromatic rings. The molecule has 0 amide bonds. The Labute approximate surface area is 86.0 Å². The molecule has 0 atom stereocenters. The van der Waals surface area contributed by atoms with Crippen molar-refractivity contribution in [3.63, 3.8) is 0 Å². The van der Waals surface area contributed by atoms with E-state index >= 15 is 0 Å². The lowest BCUT2D eigenvalue weighted by Gasteiger charge is -2.05. The first kappa shape index (κ1) is 10.9. The largest absolute Gasteiger partial charge is 0.490 e. The Morgan fingerprint density at radius 3 is 2.73 bits per heavy atom. The van der Waals surface area contributed by atoms with Crippen LogP contribution in [0.5, 0.6) is 5.75 Å². The molecule has 0 aliphatic heterocycles. The van der Waals surface area contributed by atoms with Crippen LogP contribution in [0.1, 0.15) is 11.1 Å². The fourth-order valence-electron chi connectivity index (χ4n) is 1.19. The predicted molar refractivity (Wildman–Crippen MR) is 52.3 cm³/mol. The van der Waals surface area contributed by atoms with Crippen molar-refractivity contribution in [1.29, 1.82) is 5.26 Å². The van der Waals surface area contributed by atoms with E-state index in [1.165, 1.54) is 19.2 Å². The molecule has 0 unspecified atom stereocenters. The highest BCUT2D eigenvalue weighted by molar-refractivity contribution is 5.55. The average Bonchev–Trinajstić information content (AvgIpc) is 2.26. The zero-order valence-electron chi connectivity index (χ0n) is 8.06. The number of hydrogen-bond donors (Lipinski definition) is 1. The van der Waals surface area contributed by atoms with Gasteiger partial charge in [-0.25, -0.2) is 0 Å². The van der Waals surface area contributed by atoms with E-state index in [2.05, 4.69) is 0 Å². The molecule has 1 rings (SSSR count). The van der Waals surface area contributed by atoms with Crippen molar-refractivity contribution in [3.05, 3.63) is 33.4 Å². The summed E-state index contributed by atoms with van der Waals surface area (Å²) in [5.74, 6) is 0.0637. The minimum absolute atomic E-state index is 0.0637. The maximum absolute atomic E-state index is 10.7. The van der Waals surface area contributed by atoms with E-state index in [9.17, 15) is 10.1 Å². The monoisotopic (exact) mass is 207 g/mol. The van der Waals surface area contributed by atoms with Gasteiger partial charge < -0.3 is 10.5 Å².